The number of fused-ring (bicyclic) bond motifs is 9. The number of hydrogen-bond donors (Lipinski definition) is 0. The van der Waals surface area contributed by atoms with Crippen LogP contribution in [0, 0.1) is 0 Å². The molecule has 0 N–H and O–H groups in total. The van der Waals surface area contributed by atoms with Crippen LogP contribution >= 0.6 is 0 Å². The lowest BCUT2D eigenvalue weighted by atomic mass is 9.81. The Morgan fingerprint density at radius 2 is 0.590 bits per heavy atom. The van der Waals surface area contributed by atoms with Crippen molar-refractivity contribution in [3.8, 4) is 33.4 Å². The van der Waals surface area contributed by atoms with Crippen LogP contribution in [0.4, 0.5) is 17.1 Å². The number of benzene rings is 12. The summed E-state index contributed by atoms with van der Waals surface area (Å²) in [7, 11) is 0. The predicted octanol–water partition coefficient (Wildman–Crippen LogP) is 17.1. The molecule has 12 rings (SSSR count). The van der Waals surface area contributed by atoms with Gasteiger partial charge in [0.2, 0.25) is 0 Å². The SMILES string of the molecule is c1ccc(-c2ccc3cc4cc(-c5c6ccccc6c(-c6ccc(N(c7ccccc7)c7ccccc7)cc6)c6c7ccccc7c7ccccc7c56)ccc4cc3c2)cc1. The Kier molecular flexibility index (Phi) is 8.25. The molecule has 0 aliphatic carbocycles. The fourth-order valence-corrected chi connectivity index (χ4v) is 9.79. The van der Waals surface area contributed by atoms with E-state index in [4.69, 9.17) is 0 Å². The van der Waals surface area contributed by atoms with Crippen LogP contribution in [0.25, 0.3) is 98.0 Å². The van der Waals surface area contributed by atoms with Crippen molar-refractivity contribution in [3.63, 3.8) is 0 Å². The van der Waals surface area contributed by atoms with E-state index in [1.54, 1.807) is 0 Å². The van der Waals surface area contributed by atoms with Gasteiger partial charge in [0.05, 0.1) is 0 Å². The molecule has 0 radical (unpaired) electrons. The third kappa shape index (κ3) is 5.86. The summed E-state index contributed by atoms with van der Waals surface area (Å²) in [5.74, 6) is 0. The highest BCUT2D eigenvalue weighted by atomic mass is 15.1. The first-order valence-corrected chi connectivity index (χ1v) is 21.1. The van der Waals surface area contributed by atoms with Gasteiger partial charge >= 0.3 is 0 Å². The predicted molar refractivity (Wildman–Crippen MR) is 262 cm³/mol. The third-order valence-electron chi connectivity index (χ3n) is 12.5. The minimum absolute atomic E-state index is 1.11. The van der Waals surface area contributed by atoms with E-state index in [0.29, 0.717) is 0 Å². The van der Waals surface area contributed by atoms with Gasteiger partial charge in [-0.2, -0.15) is 0 Å². The van der Waals surface area contributed by atoms with Crippen molar-refractivity contribution in [1.29, 1.82) is 0 Å². The smallest absolute Gasteiger partial charge is 0.0462 e. The van der Waals surface area contributed by atoms with E-state index in [0.717, 1.165) is 17.1 Å². The molecule has 0 amide bonds. The zero-order valence-corrected chi connectivity index (χ0v) is 33.5. The van der Waals surface area contributed by atoms with E-state index < -0.39 is 0 Å². The van der Waals surface area contributed by atoms with Crippen molar-refractivity contribution in [3.05, 3.63) is 237 Å². The molecule has 0 aromatic heterocycles. The molecule has 0 fully saturated rings. The lowest BCUT2D eigenvalue weighted by molar-refractivity contribution is 1.28. The molecule has 0 aliphatic rings. The van der Waals surface area contributed by atoms with Crippen molar-refractivity contribution >= 4 is 81.7 Å². The first-order chi connectivity index (χ1) is 30.3. The van der Waals surface area contributed by atoms with Crippen LogP contribution < -0.4 is 4.90 Å². The quantitative estimate of drug-likeness (QED) is 0.120. The van der Waals surface area contributed by atoms with Gasteiger partial charge in [0.15, 0.2) is 0 Å². The zero-order chi connectivity index (χ0) is 40.3. The Hall–Kier alpha value is -8.00. The summed E-state index contributed by atoms with van der Waals surface area (Å²) in [6.45, 7) is 0. The highest BCUT2D eigenvalue weighted by molar-refractivity contribution is 6.36. The first-order valence-electron chi connectivity index (χ1n) is 21.1. The molecule has 0 saturated heterocycles. The Morgan fingerprint density at radius 1 is 0.213 bits per heavy atom. The van der Waals surface area contributed by atoms with Gasteiger partial charge in [0.1, 0.15) is 0 Å². The van der Waals surface area contributed by atoms with Gasteiger partial charge in [-0.05, 0) is 159 Å². The van der Waals surface area contributed by atoms with Crippen LogP contribution in [0.2, 0.25) is 0 Å². The number of para-hydroxylation sites is 2. The maximum absolute atomic E-state index is 2.42. The minimum atomic E-state index is 1.11. The average Bonchev–Trinajstić information content (AvgIpc) is 3.33. The number of nitrogens with zero attached hydrogens (tertiary/aromatic N) is 1. The summed E-state index contributed by atoms with van der Waals surface area (Å²) in [5, 5.41) is 15.1. The summed E-state index contributed by atoms with van der Waals surface area (Å²) >= 11 is 0. The van der Waals surface area contributed by atoms with Gasteiger partial charge in [0.25, 0.3) is 0 Å². The van der Waals surface area contributed by atoms with Crippen molar-refractivity contribution in [2.45, 2.75) is 0 Å². The van der Waals surface area contributed by atoms with Crippen LogP contribution in [0.5, 0.6) is 0 Å². The fraction of sp³-hybridized carbons (Fsp3) is 0. The van der Waals surface area contributed by atoms with E-state index >= 15 is 0 Å². The van der Waals surface area contributed by atoms with Crippen LogP contribution in [0.15, 0.2) is 237 Å². The van der Waals surface area contributed by atoms with E-state index in [1.165, 1.54) is 98.0 Å². The van der Waals surface area contributed by atoms with E-state index in [1.807, 2.05) is 0 Å². The summed E-state index contributed by atoms with van der Waals surface area (Å²) in [4.78, 5) is 2.33. The molecule has 0 spiro atoms. The maximum Gasteiger partial charge on any atom is 0.0462 e. The molecule has 284 valence electrons. The van der Waals surface area contributed by atoms with E-state index in [-0.39, 0.29) is 0 Å². The largest absolute Gasteiger partial charge is 0.311 e. The van der Waals surface area contributed by atoms with Crippen LogP contribution in [0.3, 0.4) is 0 Å². The Bertz CT molecular complexity index is 3570. The van der Waals surface area contributed by atoms with Gasteiger partial charge in [-0.25, -0.2) is 0 Å². The fourth-order valence-electron chi connectivity index (χ4n) is 9.79. The topological polar surface area (TPSA) is 3.24 Å². The second kappa shape index (κ2) is 14.4. The van der Waals surface area contributed by atoms with Crippen molar-refractivity contribution in [2.75, 3.05) is 4.90 Å². The van der Waals surface area contributed by atoms with Gasteiger partial charge in [0, 0.05) is 17.1 Å². The molecule has 0 bridgehead atoms. The molecule has 1 nitrogen and oxygen atoms in total. The lowest BCUT2D eigenvalue weighted by Crippen LogP contribution is -2.09. The second-order valence-corrected chi connectivity index (χ2v) is 16.0. The molecule has 1 heteroatoms. The summed E-state index contributed by atoms with van der Waals surface area (Å²) in [6, 6.07) is 86.8. The lowest BCUT2D eigenvalue weighted by Gasteiger charge is -2.26. The summed E-state index contributed by atoms with van der Waals surface area (Å²) in [5.41, 5.74) is 10.8. The van der Waals surface area contributed by atoms with Crippen molar-refractivity contribution < 1.29 is 0 Å². The average molecular weight is 774 g/mol. The van der Waals surface area contributed by atoms with Gasteiger partial charge in [-0.1, -0.05) is 176 Å². The Morgan fingerprint density at radius 3 is 1.11 bits per heavy atom. The van der Waals surface area contributed by atoms with Gasteiger partial charge in [-0.3, -0.25) is 0 Å². The normalized spacial score (nSPS) is 11.6. The number of anilines is 3. The molecule has 61 heavy (non-hydrogen) atoms. The van der Waals surface area contributed by atoms with Crippen LogP contribution in [-0.2, 0) is 0 Å². The molecule has 12 aromatic carbocycles. The Balaban J connectivity index is 1.11. The number of rotatable bonds is 6. The Labute approximate surface area is 355 Å². The van der Waals surface area contributed by atoms with Crippen LogP contribution in [-0.4, -0.2) is 0 Å². The number of hydrogen-bond acceptors (Lipinski definition) is 1. The van der Waals surface area contributed by atoms with Gasteiger partial charge < -0.3 is 4.90 Å². The van der Waals surface area contributed by atoms with Gasteiger partial charge in [-0.15, -0.1) is 0 Å². The minimum Gasteiger partial charge on any atom is -0.311 e. The first kappa shape index (κ1) is 35.0. The standard InChI is InChI=1S/C60H39N/c1-4-16-40(17-5-1)42-28-29-43-38-47-39-45(31-30-44(47)37-46(43)36-42)58-56-27-15-14-26-55(56)57(59-53-24-12-10-22-51(53)52-23-11-13-25-54(52)60(58)59)41-32-34-50(35-33-41)61(48-18-6-2-7-19-48)49-20-8-3-9-21-49/h1-39H. The maximum atomic E-state index is 2.42. The van der Waals surface area contributed by atoms with Crippen molar-refractivity contribution in [1.82, 2.24) is 0 Å². The van der Waals surface area contributed by atoms with E-state index in [2.05, 4.69) is 241 Å². The van der Waals surface area contributed by atoms with E-state index in [9.17, 15) is 0 Å². The summed E-state index contributed by atoms with van der Waals surface area (Å²) < 4.78 is 0. The van der Waals surface area contributed by atoms with Crippen LogP contribution in [0.1, 0.15) is 0 Å². The molecular formula is C60H39N. The van der Waals surface area contributed by atoms with Crippen molar-refractivity contribution in [2.24, 2.45) is 0 Å². The molecule has 0 atom stereocenters. The summed E-state index contributed by atoms with van der Waals surface area (Å²) in [6.07, 6.45) is 0. The zero-order valence-electron chi connectivity index (χ0n) is 33.5. The molecule has 0 aliphatic heterocycles. The highest BCUT2D eigenvalue weighted by Gasteiger charge is 2.22. The highest BCUT2D eigenvalue weighted by Crippen LogP contribution is 2.50. The molecule has 0 unspecified atom stereocenters. The molecule has 12 aromatic rings. The monoisotopic (exact) mass is 773 g/mol. The molecular weight excluding hydrogens is 735 g/mol. The third-order valence-corrected chi connectivity index (χ3v) is 12.5. The molecule has 0 heterocycles. The molecule has 0 saturated carbocycles. The second-order valence-electron chi connectivity index (χ2n) is 16.0.